The van der Waals surface area contributed by atoms with Crippen LogP contribution in [0.1, 0.15) is 12.0 Å². The van der Waals surface area contributed by atoms with Crippen molar-refractivity contribution in [1.82, 2.24) is 4.90 Å². The monoisotopic (exact) mass is 311 g/mol. The number of rotatable bonds is 4. The third kappa shape index (κ3) is 2.90. The Morgan fingerprint density at radius 2 is 2.11 bits per heavy atom. The van der Waals surface area contributed by atoms with Gasteiger partial charge in [0.05, 0.1) is 0 Å². The molecule has 0 aromatic heterocycles. The number of alkyl halides is 1. The van der Waals surface area contributed by atoms with Gasteiger partial charge in [-0.05, 0) is 5.56 Å². The number of nitrogens with zero attached hydrogens (tertiary/aromatic N) is 1. The molecule has 96 valence electrons. The Morgan fingerprint density at radius 3 is 2.61 bits per heavy atom. The van der Waals surface area contributed by atoms with Crippen molar-refractivity contribution in [3.8, 4) is 0 Å². The fourth-order valence-electron chi connectivity index (χ4n) is 2.16. The van der Waals surface area contributed by atoms with Gasteiger partial charge >= 0.3 is 5.97 Å². The van der Waals surface area contributed by atoms with E-state index in [2.05, 4.69) is 15.9 Å². The molecule has 0 aliphatic carbocycles. The van der Waals surface area contributed by atoms with Crippen LogP contribution in [0.15, 0.2) is 30.3 Å². The highest BCUT2D eigenvalue weighted by Crippen LogP contribution is 2.22. The zero-order valence-electron chi connectivity index (χ0n) is 9.75. The fraction of sp³-hybridized carbons (Fsp3) is 0.385. The first kappa shape index (κ1) is 13.1. The molecule has 1 aromatic carbocycles. The Balaban J connectivity index is 2.14. The molecule has 1 heterocycles. The van der Waals surface area contributed by atoms with E-state index in [0.717, 1.165) is 5.56 Å². The van der Waals surface area contributed by atoms with Crippen LogP contribution < -0.4 is 0 Å². The molecular formula is C13H14BrNO3. The van der Waals surface area contributed by atoms with E-state index in [4.69, 9.17) is 0 Å². The van der Waals surface area contributed by atoms with Gasteiger partial charge in [-0.15, -0.1) is 0 Å². The van der Waals surface area contributed by atoms with Gasteiger partial charge in [0, 0.05) is 24.2 Å². The van der Waals surface area contributed by atoms with Crippen molar-refractivity contribution in [2.24, 2.45) is 0 Å². The molecule has 0 saturated carbocycles. The van der Waals surface area contributed by atoms with Crippen LogP contribution in [0.2, 0.25) is 0 Å². The highest BCUT2D eigenvalue weighted by molar-refractivity contribution is 9.09. The van der Waals surface area contributed by atoms with Crippen molar-refractivity contribution in [2.75, 3.05) is 6.54 Å². The minimum absolute atomic E-state index is 0.0580. The van der Waals surface area contributed by atoms with Crippen molar-refractivity contribution in [2.45, 2.75) is 23.7 Å². The Morgan fingerprint density at radius 1 is 1.44 bits per heavy atom. The number of likely N-dealkylation sites (tertiary alicyclic amines) is 1. The molecule has 1 amide bonds. The maximum atomic E-state index is 11.8. The molecule has 2 unspecified atom stereocenters. The van der Waals surface area contributed by atoms with Crippen molar-refractivity contribution in [3.63, 3.8) is 0 Å². The van der Waals surface area contributed by atoms with E-state index in [9.17, 15) is 14.7 Å². The summed E-state index contributed by atoms with van der Waals surface area (Å²) in [7, 11) is 0. The average Bonchev–Trinajstić information content (AvgIpc) is 2.66. The first-order valence-electron chi connectivity index (χ1n) is 5.78. The molecule has 1 aromatic rings. The summed E-state index contributed by atoms with van der Waals surface area (Å²) in [6.07, 6.45) is 0.722. The lowest BCUT2D eigenvalue weighted by molar-refractivity contribution is -0.148. The summed E-state index contributed by atoms with van der Waals surface area (Å²) < 4.78 is 0. The average molecular weight is 312 g/mol. The Hall–Kier alpha value is -1.36. The van der Waals surface area contributed by atoms with Gasteiger partial charge in [0.25, 0.3) is 0 Å². The Kier molecular flexibility index (Phi) is 4.01. The van der Waals surface area contributed by atoms with Crippen LogP contribution in [0.25, 0.3) is 0 Å². The lowest BCUT2D eigenvalue weighted by atomic mass is 10.1. The number of carbonyl (C=O) groups is 2. The summed E-state index contributed by atoms with van der Waals surface area (Å²) in [6, 6.07) is 8.60. The van der Waals surface area contributed by atoms with Gasteiger partial charge in [-0.1, -0.05) is 46.3 Å². The summed E-state index contributed by atoms with van der Waals surface area (Å²) >= 11 is 3.37. The maximum Gasteiger partial charge on any atom is 0.326 e. The van der Waals surface area contributed by atoms with Crippen LogP contribution in [0.5, 0.6) is 0 Å². The van der Waals surface area contributed by atoms with Crippen LogP contribution in [-0.4, -0.2) is 39.3 Å². The first-order chi connectivity index (χ1) is 8.58. The molecule has 0 bridgehead atoms. The zero-order chi connectivity index (χ0) is 13.1. The second-order valence-electron chi connectivity index (χ2n) is 4.39. The quantitative estimate of drug-likeness (QED) is 0.861. The standard InChI is InChI=1S/C13H14BrNO3/c14-10-7-12(16)15(8-10)11(13(17)18)6-9-4-2-1-3-5-9/h1-5,10-11H,6-8H2,(H,17,18). The molecule has 2 rings (SSSR count). The molecule has 18 heavy (non-hydrogen) atoms. The first-order valence-corrected chi connectivity index (χ1v) is 6.69. The molecule has 1 saturated heterocycles. The van der Waals surface area contributed by atoms with Crippen LogP contribution in [0, 0.1) is 0 Å². The predicted molar refractivity (Wildman–Crippen MR) is 70.6 cm³/mol. The van der Waals surface area contributed by atoms with Gasteiger partial charge in [0.1, 0.15) is 6.04 Å². The molecule has 4 nitrogen and oxygen atoms in total. The molecule has 1 aliphatic heterocycles. The van der Waals surface area contributed by atoms with Gasteiger partial charge in [-0.25, -0.2) is 4.79 Å². The molecule has 1 aliphatic rings. The van der Waals surface area contributed by atoms with Gasteiger partial charge in [-0.3, -0.25) is 4.79 Å². The minimum Gasteiger partial charge on any atom is -0.480 e. The smallest absolute Gasteiger partial charge is 0.326 e. The van der Waals surface area contributed by atoms with Gasteiger partial charge in [-0.2, -0.15) is 0 Å². The van der Waals surface area contributed by atoms with Gasteiger partial charge in [0.15, 0.2) is 0 Å². The predicted octanol–water partition coefficient (Wildman–Crippen LogP) is 1.68. The highest BCUT2D eigenvalue weighted by atomic mass is 79.9. The molecule has 5 heteroatoms. The normalized spacial score (nSPS) is 21.1. The summed E-state index contributed by atoms with van der Waals surface area (Å²) in [5.74, 6) is -1.05. The largest absolute Gasteiger partial charge is 0.480 e. The van der Waals surface area contributed by atoms with Gasteiger partial charge < -0.3 is 10.0 Å². The number of carboxylic acid groups (broad SMARTS) is 1. The van der Waals surface area contributed by atoms with Gasteiger partial charge in [0.2, 0.25) is 5.91 Å². The summed E-state index contributed by atoms with van der Waals surface area (Å²) in [5.41, 5.74) is 0.927. The Bertz CT molecular complexity index is 449. The third-order valence-corrected chi connectivity index (χ3v) is 3.66. The van der Waals surface area contributed by atoms with Crippen LogP contribution in [-0.2, 0) is 16.0 Å². The SMILES string of the molecule is O=C(O)C(Cc1ccccc1)N1CC(Br)CC1=O. The summed E-state index contributed by atoms with van der Waals surface area (Å²) in [5, 5.41) is 9.29. The van der Waals surface area contributed by atoms with Crippen molar-refractivity contribution in [1.29, 1.82) is 0 Å². The van der Waals surface area contributed by atoms with E-state index in [1.165, 1.54) is 4.90 Å². The van der Waals surface area contributed by atoms with Crippen molar-refractivity contribution >= 4 is 27.8 Å². The number of carbonyl (C=O) groups excluding carboxylic acids is 1. The van der Waals surface area contributed by atoms with Crippen LogP contribution >= 0.6 is 15.9 Å². The number of benzene rings is 1. The lowest BCUT2D eigenvalue weighted by Crippen LogP contribution is -2.43. The van der Waals surface area contributed by atoms with Crippen LogP contribution in [0.3, 0.4) is 0 Å². The van der Waals surface area contributed by atoms with Crippen molar-refractivity contribution in [3.05, 3.63) is 35.9 Å². The fourth-order valence-corrected chi connectivity index (χ4v) is 2.74. The molecule has 2 atom stereocenters. The second kappa shape index (κ2) is 5.52. The van der Waals surface area contributed by atoms with E-state index >= 15 is 0 Å². The number of hydrogen-bond donors (Lipinski definition) is 1. The molecule has 1 fully saturated rings. The van der Waals surface area contributed by atoms with E-state index < -0.39 is 12.0 Å². The molecule has 0 spiro atoms. The number of aliphatic carboxylic acids is 1. The minimum atomic E-state index is -0.950. The Labute approximate surface area is 114 Å². The van der Waals surface area contributed by atoms with E-state index in [1.54, 1.807) is 0 Å². The third-order valence-electron chi connectivity index (χ3n) is 3.04. The second-order valence-corrected chi connectivity index (χ2v) is 5.69. The zero-order valence-corrected chi connectivity index (χ0v) is 11.3. The molecule has 0 radical (unpaired) electrons. The topological polar surface area (TPSA) is 57.6 Å². The maximum absolute atomic E-state index is 11.8. The van der Waals surface area contributed by atoms with E-state index in [1.807, 2.05) is 30.3 Å². The summed E-state index contributed by atoms with van der Waals surface area (Å²) in [6.45, 7) is 0.461. The summed E-state index contributed by atoms with van der Waals surface area (Å²) in [4.78, 5) is 24.6. The lowest BCUT2D eigenvalue weighted by Gasteiger charge is -2.24. The van der Waals surface area contributed by atoms with Crippen LogP contribution in [0.4, 0.5) is 0 Å². The number of hydrogen-bond acceptors (Lipinski definition) is 2. The molecule has 1 N–H and O–H groups in total. The molecular weight excluding hydrogens is 298 g/mol. The van der Waals surface area contributed by atoms with E-state index in [-0.39, 0.29) is 10.7 Å². The van der Waals surface area contributed by atoms with E-state index in [0.29, 0.717) is 19.4 Å². The van der Waals surface area contributed by atoms with Crippen molar-refractivity contribution < 1.29 is 14.7 Å². The number of carboxylic acids is 1. The number of amides is 1. The highest BCUT2D eigenvalue weighted by Gasteiger charge is 2.36. The number of halogens is 1.